The summed E-state index contributed by atoms with van der Waals surface area (Å²) in [5, 5.41) is 0.515. The van der Waals surface area contributed by atoms with Gasteiger partial charge in [-0.25, -0.2) is 8.42 Å². The number of thiophene rings is 1. The van der Waals surface area contributed by atoms with Crippen molar-refractivity contribution in [1.29, 1.82) is 0 Å². The van der Waals surface area contributed by atoms with E-state index in [0.717, 1.165) is 11.3 Å². The topological polar surface area (TPSA) is 57.7 Å². The average Bonchev–Trinajstić information content (AvgIpc) is 3.04. The van der Waals surface area contributed by atoms with Gasteiger partial charge in [-0.15, -0.1) is 11.3 Å². The Balaban J connectivity index is 1.71. The molecular weight excluding hydrogens is 427 g/mol. The first kappa shape index (κ1) is 18.9. The molecular formula is C15H13Cl3N2O3S2. The predicted molar refractivity (Wildman–Crippen MR) is 100 cm³/mol. The number of halogens is 3. The summed E-state index contributed by atoms with van der Waals surface area (Å²) in [4.78, 5) is 14.2. The van der Waals surface area contributed by atoms with Crippen LogP contribution >= 0.6 is 46.1 Å². The second-order valence-corrected chi connectivity index (χ2v) is 10.0. The third-order valence-electron chi connectivity index (χ3n) is 3.85. The highest BCUT2D eigenvalue weighted by molar-refractivity contribution is 7.91. The molecule has 0 radical (unpaired) electrons. The van der Waals surface area contributed by atoms with Crippen LogP contribution in [0.4, 0.5) is 0 Å². The second-order valence-electron chi connectivity index (χ2n) is 5.36. The molecule has 10 heteroatoms. The van der Waals surface area contributed by atoms with E-state index < -0.39 is 10.0 Å². The molecule has 1 fully saturated rings. The van der Waals surface area contributed by atoms with Crippen LogP contribution in [0.15, 0.2) is 34.5 Å². The van der Waals surface area contributed by atoms with Crippen molar-refractivity contribution in [3.8, 4) is 0 Å². The van der Waals surface area contributed by atoms with E-state index in [0.29, 0.717) is 14.9 Å². The first-order valence-electron chi connectivity index (χ1n) is 7.29. The zero-order valence-corrected chi connectivity index (χ0v) is 16.7. The van der Waals surface area contributed by atoms with Crippen molar-refractivity contribution in [1.82, 2.24) is 9.21 Å². The van der Waals surface area contributed by atoms with Gasteiger partial charge in [0, 0.05) is 26.2 Å². The van der Waals surface area contributed by atoms with Crippen molar-refractivity contribution >= 4 is 62.1 Å². The van der Waals surface area contributed by atoms with Gasteiger partial charge >= 0.3 is 0 Å². The molecule has 1 amide bonds. The molecule has 1 aromatic carbocycles. The normalized spacial score (nSPS) is 16.2. The highest BCUT2D eigenvalue weighted by Crippen LogP contribution is 2.30. The van der Waals surface area contributed by atoms with Crippen LogP contribution in [0.1, 0.15) is 10.4 Å². The maximum absolute atomic E-state index is 12.6. The lowest BCUT2D eigenvalue weighted by molar-refractivity contribution is 0.0698. The molecule has 2 heterocycles. The van der Waals surface area contributed by atoms with Crippen molar-refractivity contribution < 1.29 is 13.2 Å². The third kappa shape index (κ3) is 3.82. The van der Waals surface area contributed by atoms with Crippen LogP contribution in [0.3, 0.4) is 0 Å². The zero-order chi connectivity index (χ0) is 18.2. The van der Waals surface area contributed by atoms with Crippen molar-refractivity contribution in [3.63, 3.8) is 0 Å². The fourth-order valence-corrected chi connectivity index (χ4v) is 5.98. The molecule has 3 rings (SSSR count). The highest BCUT2D eigenvalue weighted by Gasteiger charge is 2.32. The Morgan fingerprint density at radius 2 is 1.68 bits per heavy atom. The summed E-state index contributed by atoms with van der Waals surface area (Å²) in [5.74, 6) is -0.260. The Labute approximate surface area is 164 Å². The number of nitrogens with zero attached hydrogens (tertiary/aromatic N) is 2. The summed E-state index contributed by atoms with van der Waals surface area (Å²) in [6.07, 6.45) is 0. The number of carbonyl (C=O) groups is 1. The van der Waals surface area contributed by atoms with E-state index in [1.54, 1.807) is 29.2 Å². The maximum atomic E-state index is 12.6. The van der Waals surface area contributed by atoms with E-state index in [1.807, 2.05) is 0 Å². The first-order chi connectivity index (χ1) is 11.8. The molecule has 0 atom stereocenters. The molecule has 0 saturated carbocycles. The number of piperazine rings is 1. The van der Waals surface area contributed by atoms with Gasteiger partial charge < -0.3 is 4.90 Å². The number of sulfonamides is 1. The lowest BCUT2D eigenvalue weighted by Crippen LogP contribution is -2.50. The minimum Gasteiger partial charge on any atom is -0.336 e. The van der Waals surface area contributed by atoms with Crippen LogP contribution in [-0.2, 0) is 10.0 Å². The molecule has 1 aromatic heterocycles. The molecule has 0 bridgehead atoms. The molecule has 0 unspecified atom stereocenters. The van der Waals surface area contributed by atoms with E-state index in [2.05, 4.69) is 0 Å². The van der Waals surface area contributed by atoms with Crippen molar-refractivity contribution in [2.75, 3.05) is 26.2 Å². The number of hydrogen-bond donors (Lipinski definition) is 0. The lowest BCUT2D eigenvalue weighted by atomic mass is 10.2. The van der Waals surface area contributed by atoms with E-state index in [1.165, 1.54) is 10.4 Å². The largest absolute Gasteiger partial charge is 0.336 e. The Hall–Kier alpha value is -0.830. The van der Waals surface area contributed by atoms with Crippen LogP contribution in [0.5, 0.6) is 0 Å². The Kier molecular flexibility index (Phi) is 5.63. The van der Waals surface area contributed by atoms with Gasteiger partial charge in [0.25, 0.3) is 15.9 Å². The van der Waals surface area contributed by atoms with E-state index in [9.17, 15) is 13.2 Å². The average molecular weight is 440 g/mol. The monoisotopic (exact) mass is 438 g/mol. The van der Waals surface area contributed by atoms with E-state index in [4.69, 9.17) is 34.8 Å². The van der Waals surface area contributed by atoms with Gasteiger partial charge in [0.2, 0.25) is 0 Å². The summed E-state index contributed by atoms with van der Waals surface area (Å²) in [6.45, 7) is 0.976. The van der Waals surface area contributed by atoms with Crippen LogP contribution in [0.25, 0.3) is 0 Å². The summed E-state index contributed by atoms with van der Waals surface area (Å²) in [5.41, 5.74) is 0.315. The molecule has 1 saturated heterocycles. The van der Waals surface area contributed by atoms with Crippen LogP contribution in [-0.4, -0.2) is 49.7 Å². The molecule has 0 N–H and O–H groups in total. The third-order valence-corrected chi connectivity index (χ3v) is 8.27. The van der Waals surface area contributed by atoms with E-state index >= 15 is 0 Å². The van der Waals surface area contributed by atoms with Gasteiger partial charge in [0.1, 0.15) is 4.21 Å². The quantitative estimate of drug-likeness (QED) is 0.730. The van der Waals surface area contributed by atoms with Gasteiger partial charge in [-0.2, -0.15) is 4.31 Å². The smallest absolute Gasteiger partial charge is 0.255 e. The summed E-state index contributed by atoms with van der Waals surface area (Å²) in [6, 6.07) is 7.92. The zero-order valence-electron chi connectivity index (χ0n) is 12.8. The molecule has 5 nitrogen and oxygen atoms in total. The first-order valence-corrected chi connectivity index (χ1v) is 10.7. The minimum atomic E-state index is -3.59. The number of hydrogen-bond acceptors (Lipinski definition) is 4. The maximum Gasteiger partial charge on any atom is 0.255 e. The van der Waals surface area contributed by atoms with Crippen LogP contribution < -0.4 is 0 Å². The van der Waals surface area contributed by atoms with Crippen molar-refractivity contribution in [3.05, 3.63) is 50.3 Å². The SMILES string of the molecule is O=C(c1cccc(Cl)c1Cl)N1CCN(S(=O)(=O)c2ccc(Cl)s2)CC1. The molecule has 0 aliphatic carbocycles. The van der Waals surface area contributed by atoms with Crippen molar-refractivity contribution in [2.24, 2.45) is 0 Å². The lowest BCUT2D eigenvalue weighted by Gasteiger charge is -2.33. The van der Waals surface area contributed by atoms with Crippen molar-refractivity contribution in [2.45, 2.75) is 4.21 Å². The molecule has 25 heavy (non-hydrogen) atoms. The van der Waals surface area contributed by atoms with Gasteiger partial charge in [0.15, 0.2) is 0 Å². The minimum absolute atomic E-state index is 0.204. The van der Waals surface area contributed by atoms with Crippen LogP contribution in [0.2, 0.25) is 14.4 Å². The molecule has 1 aliphatic rings. The predicted octanol–water partition coefficient (Wildman–Crippen LogP) is 3.86. The fraction of sp³-hybridized carbons (Fsp3) is 0.267. The number of benzene rings is 1. The van der Waals surface area contributed by atoms with Gasteiger partial charge in [-0.05, 0) is 24.3 Å². The van der Waals surface area contributed by atoms with E-state index in [-0.39, 0.29) is 41.3 Å². The number of rotatable bonds is 3. The second kappa shape index (κ2) is 7.42. The van der Waals surface area contributed by atoms with Gasteiger partial charge in [-0.1, -0.05) is 40.9 Å². The molecule has 134 valence electrons. The van der Waals surface area contributed by atoms with Gasteiger partial charge in [-0.3, -0.25) is 4.79 Å². The highest BCUT2D eigenvalue weighted by atomic mass is 35.5. The number of amides is 1. The summed E-state index contributed by atoms with van der Waals surface area (Å²) in [7, 11) is -3.59. The van der Waals surface area contributed by atoms with Gasteiger partial charge in [0.05, 0.1) is 19.9 Å². The molecule has 0 spiro atoms. The summed E-state index contributed by atoms with van der Waals surface area (Å²) < 4.78 is 27.1. The number of carbonyl (C=O) groups excluding carboxylic acids is 1. The molecule has 2 aromatic rings. The fourth-order valence-electron chi connectivity index (χ4n) is 2.53. The Morgan fingerprint density at radius 1 is 1.00 bits per heavy atom. The Bertz CT molecular complexity index is 906. The Morgan fingerprint density at radius 3 is 2.28 bits per heavy atom. The summed E-state index contributed by atoms with van der Waals surface area (Å²) >= 11 is 18.9. The standard InChI is InChI=1S/C15H13Cl3N2O3S2/c16-11-3-1-2-10(14(11)18)15(21)19-6-8-20(9-7-19)25(22,23)13-5-4-12(17)24-13/h1-5H,6-9H2. The molecule has 1 aliphatic heterocycles. The van der Waals surface area contributed by atoms with Crippen LogP contribution in [0, 0.1) is 0 Å².